The van der Waals surface area contributed by atoms with E-state index in [1.54, 1.807) is 0 Å². The zero-order chi connectivity index (χ0) is 15.6. The normalized spacial score (nSPS) is 22.9. The second-order valence-corrected chi connectivity index (χ2v) is 7.29. The molecule has 1 aliphatic heterocycles. The van der Waals surface area contributed by atoms with E-state index >= 15 is 0 Å². The van der Waals surface area contributed by atoms with Crippen LogP contribution in [0.4, 0.5) is 0 Å². The molecule has 3 nitrogen and oxygen atoms in total. The van der Waals surface area contributed by atoms with Gasteiger partial charge < -0.3 is 10.6 Å². The van der Waals surface area contributed by atoms with Gasteiger partial charge in [-0.25, -0.2) is 0 Å². The van der Waals surface area contributed by atoms with Crippen LogP contribution in [-0.2, 0) is 11.2 Å². The molecule has 1 amide bonds. The van der Waals surface area contributed by atoms with Crippen molar-refractivity contribution >= 4 is 5.91 Å². The monoisotopic (exact) mass is 300 g/mol. The van der Waals surface area contributed by atoms with Crippen molar-refractivity contribution in [2.45, 2.75) is 51.5 Å². The number of nitrogens with two attached hydrogens (primary N) is 1. The van der Waals surface area contributed by atoms with Crippen LogP contribution in [0.25, 0.3) is 0 Å². The van der Waals surface area contributed by atoms with Gasteiger partial charge in [0.1, 0.15) is 0 Å². The minimum Gasteiger partial charge on any atom is -0.342 e. The molecule has 1 aromatic rings. The van der Waals surface area contributed by atoms with Crippen LogP contribution in [0.15, 0.2) is 30.3 Å². The lowest BCUT2D eigenvalue weighted by Gasteiger charge is -2.45. The highest BCUT2D eigenvalue weighted by Crippen LogP contribution is 2.45. The molecule has 0 bridgehead atoms. The molecule has 22 heavy (non-hydrogen) atoms. The molecule has 0 radical (unpaired) electrons. The first-order valence-corrected chi connectivity index (χ1v) is 8.70. The van der Waals surface area contributed by atoms with Crippen molar-refractivity contribution in [2.75, 3.05) is 13.1 Å². The molecule has 1 unspecified atom stereocenters. The summed E-state index contributed by atoms with van der Waals surface area (Å²) < 4.78 is 0. The van der Waals surface area contributed by atoms with Gasteiger partial charge in [0, 0.05) is 19.1 Å². The summed E-state index contributed by atoms with van der Waals surface area (Å²) in [5.41, 5.74) is 7.18. The smallest absolute Gasteiger partial charge is 0.229 e. The Kier molecular flexibility index (Phi) is 4.53. The molecule has 1 atom stereocenters. The fraction of sp³-hybridized carbons (Fsp3) is 0.632. The molecule has 1 saturated heterocycles. The summed E-state index contributed by atoms with van der Waals surface area (Å²) in [6.45, 7) is 3.87. The van der Waals surface area contributed by atoms with Crippen LogP contribution < -0.4 is 5.73 Å². The van der Waals surface area contributed by atoms with Crippen LogP contribution in [0.1, 0.15) is 44.6 Å². The van der Waals surface area contributed by atoms with E-state index in [0.29, 0.717) is 11.8 Å². The Morgan fingerprint density at radius 2 is 1.91 bits per heavy atom. The van der Waals surface area contributed by atoms with Crippen LogP contribution in [0, 0.1) is 11.3 Å². The van der Waals surface area contributed by atoms with Crippen molar-refractivity contribution in [2.24, 2.45) is 17.1 Å². The first-order valence-electron chi connectivity index (χ1n) is 8.70. The Morgan fingerprint density at radius 1 is 1.27 bits per heavy atom. The highest BCUT2D eigenvalue weighted by Gasteiger charge is 2.46. The second-order valence-electron chi connectivity index (χ2n) is 7.29. The summed E-state index contributed by atoms with van der Waals surface area (Å²) in [4.78, 5) is 15.2. The first kappa shape index (κ1) is 15.5. The average Bonchev–Trinajstić information content (AvgIpc) is 2.51. The van der Waals surface area contributed by atoms with Gasteiger partial charge in [0.2, 0.25) is 5.91 Å². The molecule has 2 N–H and O–H groups in total. The summed E-state index contributed by atoms with van der Waals surface area (Å²) in [7, 11) is 0. The van der Waals surface area contributed by atoms with Gasteiger partial charge in [0.05, 0.1) is 5.41 Å². The van der Waals surface area contributed by atoms with Gasteiger partial charge in [0.15, 0.2) is 0 Å². The van der Waals surface area contributed by atoms with Crippen molar-refractivity contribution in [3.05, 3.63) is 35.9 Å². The molecule has 120 valence electrons. The molecule has 1 heterocycles. The number of rotatable bonds is 4. The zero-order valence-corrected chi connectivity index (χ0v) is 13.6. The number of carbonyl (C=O) groups excluding carboxylic acids is 1. The minimum absolute atomic E-state index is 0.122. The third kappa shape index (κ3) is 3.05. The van der Waals surface area contributed by atoms with Crippen molar-refractivity contribution in [1.29, 1.82) is 0 Å². The van der Waals surface area contributed by atoms with E-state index in [1.807, 2.05) is 6.07 Å². The summed E-state index contributed by atoms with van der Waals surface area (Å²) >= 11 is 0. The molecule has 0 aromatic heterocycles. The molecular formula is C19H28N2O. The largest absolute Gasteiger partial charge is 0.342 e. The Bertz CT molecular complexity index is 499. The van der Waals surface area contributed by atoms with Gasteiger partial charge in [-0.05, 0) is 50.5 Å². The Morgan fingerprint density at radius 3 is 2.41 bits per heavy atom. The number of hydrogen-bond acceptors (Lipinski definition) is 2. The SMILES string of the molecule is CC(N)C1CCN(C(=O)C2(Cc3ccccc3)CCC2)CC1. The predicted molar refractivity (Wildman–Crippen MR) is 89.4 cm³/mol. The molecule has 2 aliphatic rings. The summed E-state index contributed by atoms with van der Waals surface area (Å²) in [6.07, 6.45) is 6.31. The van der Waals surface area contributed by atoms with Crippen molar-refractivity contribution < 1.29 is 4.79 Å². The minimum atomic E-state index is -0.122. The second kappa shape index (κ2) is 6.41. The van der Waals surface area contributed by atoms with Crippen molar-refractivity contribution in [3.63, 3.8) is 0 Å². The summed E-state index contributed by atoms with van der Waals surface area (Å²) in [6, 6.07) is 10.7. The molecule has 0 spiro atoms. The van der Waals surface area contributed by atoms with E-state index in [2.05, 4.69) is 36.1 Å². The van der Waals surface area contributed by atoms with Gasteiger partial charge in [-0.3, -0.25) is 4.79 Å². The van der Waals surface area contributed by atoms with E-state index < -0.39 is 0 Å². The fourth-order valence-electron chi connectivity index (χ4n) is 4.02. The van der Waals surface area contributed by atoms with E-state index in [0.717, 1.165) is 45.2 Å². The Hall–Kier alpha value is -1.35. The number of amides is 1. The molecule has 1 saturated carbocycles. The molecule has 3 heteroatoms. The highest BCUT2D eigenvalue weighted by molar-refractivity contribution is 5.84. The van der Waals surface area contributed by atoms with E-state index in [9.17, 15) is 4.79 Å². The first-order chi connectivity index (χ1) is 10.6. The number of hydrogen-bond donors (Lipinski definition) is 1. The molecule has 1 aromatic carbocycles. The van der Waals surface area contributed by atoms with Gasteiger partial charge in [-0.2, -0.15) is 0 Å². The van der Waals surface area contributed by atoms with Gasteiger partial charge >= 0.3 is 0 Å². The average molecular weight is 300 g/mol. The Balaban J connectivity index is 1.65. The maximum atomic E-state index is 13.1. The molecule has 1 aliphatic carbocycles. The summed E-state index contributed by atoms with van der Waals surface area (Å²) in [5.74, 6) is 0.973. The van der Waals surface area contributed by atoms with Crippen LogP contribution >= 0.6 is 0 Å². The molecule has 3 rings (SSSR count). The van der Waals surface area contributed by atoms with Crippen molar-refractivity contribution in [3.8, 4) is 0 Å². The molecule has 2 fully saturated rings. The fourth-order valence-corrected chi connectivity index (χ4v) is 4.02. The van der Waals surface area contributed by atoms with Gasteiger partial charge in [-0.1, -0.05) is 36.8 Å². The topological polar surface area (TPSA) is 46.3 Å². The Labute approximate surface area is 133 Å². The summed E-state index contributed by atoms with van der Waals surface area (Å²) in [5, 5.41) is 0. The number of nitrogens with zero attached hydrogens (tertiary/aromatic N) is 1. The number of likely N-dealkylation sites (tertiary alicyclic amines) is 1. The van der Waals surface area contributed by atoms with Gasteiger partial charge in [0.25, 0.3) is 0 Å². The third-order valence-corrected chi connectivity index (χ3v) is 5.72. The van der Waals surface area contributed by atoms with Gasteiger partial charge in [-0.15, -0.1) is 0 Å². The lowest BCUT2D eigenvalue weighted by molar-refractivity contribution is -0.149. The third-order valence-electron chi connectivity index (χ3n) is 5.72. The van der Waals surface area contributed by atoms with Crippen molar-refractivity contribution in [1.82, 2.24) is 4.90 Å². The quantitative estimate of drug-likeness (QED) is 0.929. The highest BCUT2D eigenvalue weighted by atomic mass is 16.2. The van der Waals surface area contributed by atoms with E-state index in [1.165, 1.54) is 12.0 Å². The van der Waals surface area contributed by atoms with Crippen LogP contribution in [0.3, 0.4) is 0 Å². The number of benzene rings is 1. The maximum Gasteiger partial charge on any atom is 0.229 e. The van der Waals surface area contributed by atoms with Crippen LogP contribution in [0.2, 0.25) is 0 Å². The predicted octanol–water partition coefficient (Wildman–Crippen LogP) is 2.99. The lowest BCUT2D eigenvalue weighted by Crippen LogP contribution is -2.52. The number of piperidine rings is 1. The molecular weight excluding hydrogens is 272 g/mol. The van der Waals surface area contributed by atoms with Crippen LogP contribution in [0.5, 0.6) is 0 Å². The number of carbonyl (C=O) groups is 1. The maximum absolute atomic E-state index is 13.1. The lowest BCUT2D eigenvalue weighted by atomic mass is 9.64. The zero-order valence-electron chi connectivity index (χ0n) is 13.6. The standard InChI is InChI=1S/C19H28N2O/c1-15(20)17-8-12-21(13-9-17)18(22)19(10-5-11-19)14-16-6-3-2-4-7-16/h2-4,6-7,15,17H,5,8-14,20H2,1H3. The van der Waals surface area contributed by atoms with E-state index in [-0.39, 0.29) is 11.5 Å². The van der Waals surface area contributed by atoms with Crippen LogP contribution in [-0.4, -0.2) is 29.9 Å². The van der Waals surface area contributed by atoms with E-state index in [4.69, 9.17) is 5.73 Å².